The molecule has 2 N–H and O–H groups in total. The first kappa shape index (κ1) is 54.2. The van der Waals surface area contributed by atoms with Gasteiger partial charge in [0.2, 0.25) is 40.1 Å². The van der Waals surface area contributed by atoms with Gasteiger partial charge in [-0.05, 0) is 73.5 Å². The van der Waals surface area contributed by atoms with E-state index in [1.807, 2.05) is 12.1 Å². The highest BCUT2D eigenvalue weighted by Crippen LogP contribution is 2.24. The molecule has 6 rings (SSSR count). The van der Waals surface area contributed by atoms with E-state index >= 15 is 0 Å². The number of rotatable bonds is 21. The number of nitrogens with zero attached hydrogens (tertiary/aromatic N) is 6. The van der Waals surface area contributed by atoms with E-state index in [0.717, 1.165) is 11.1 Å². The maximum Gasteiger partial charge on any atom is 0.337 e. The summed E-state index contributed by atoms with van der Waals surface area (Å²) >= 11 is 0. The molecule has 0 unspecified atom stereocenters. The molecule has 18 nitrogen and oxygen atoms in total. The van der Waals surface area contributed by atoms with Gasteiger partial charge >= 0.3 is 5.97 Å². The summed E-state index contributed by atoms with van der Waals surface area (Å²) in [4.78, 5) is 27.6. The number of ether oxygens (including phenoxy) is 1. The minimum atomic E-state index is -3.63. The topological polar surface area (TPSA) is 225 Å². The molecule has 2 heterocycles. The van der Waals surface area contributed by atoms with Crippen LogP contribution in [0.15, 0.2) is 109 Å². The zero-order valence-electron chi connectivity index (χ0n) is 38.8. The second-order valence-corrected chi connectivity index (χ2v) is 24.5. The second-order valence-electron chi connectivity index (χ2n) is 16.5. The van der Waals surface area contributed by atoms with Gasteiger partial charge < -0.3 is 20.3 Å². The van der Waals surface area contributed by atoms with Gasteiger partial charge in [0, 0.05) is 57.9 Å². The Bertz CT molecular complexity index is 2510. The number of methoxy groups -OCH3 is 1. The maximum absolute atomic E-state index is 13.3. The second kappa shape index (κ2) is 24.7. The Labute approximate surface area is 402 Å². The molecule has 0 radical (unpaired) electrons. The van der Waals surface area contributed by atoms with Crippen molar-refractivity contribution in [1.82, 2.24) is 18.4 Å². The Morgan fingerprint density at radius 2 is 0.882 bits per heavy atom. The maximum atomic E-state index is 13.3. The number of para-hydroxylation sites is 2. The van der Waals surface area contributed by atoms with Crippen molar-refractivity contribution in [2.45, 2.75) is 25.9 Å². The Kier molecular flexibility index (Phi) is 19.7. The van der Waals surface area contributed by atoms with Crippen molar-refractivity contribution < 1.29 is 48.0 Å². The van der Waals surface area contributed by atoms with Gasteiger partial charge in [0.1, 0.15) is 0 Å². The molecule has 0 saturated carbocycles. The number of carbonyl (C=O) groups is 2. The van der Waals surface area contributed by atoms with Crippen molar-refractivity contribution in [1.29, 1.82) is 0 Å². The van der Waals surface area contributed by atoms with E-state index in [2.05, 4.69) is 9.80 Å². The zero-order chi connectivity index (χ0) is 49.5. The first-order chi connectivity index (χ1) is 32.2. The molecule has 4 aromatic rings. The zero-order valence-corrected chi connectivity index (χ0v) is 42.1. The molecule has 2 aliphatic rings. The molecule has 4 aromatic carbocycles. The van der Waals surface area contributed by atoms with Crippen LogP contribution in [0, 0.1) is 0 Å². The van der Waals surface area contributed by atoms with E-state index < -0.39 is 46.1 Å². The van der Waals surface area contributed by atoms with Crippen LogP contribution in [-0.2, 0) is 57.9 Å². The van der Waals surface area contributed by atoms with Gasteiger partial charge in [-0.15, -0.1) is 0 Å². The van der Waals surface area contributed by atoms with Crippen LogP contribution in [0.2, 0.25) is 0 Å². The van der Waals surface area contributed by atoms with E-state index in [1.54, 1.807) is 97.1 Å². The van der Waals surface area contributed by atoms with E-state index in [4.69, 9.17) is 10.5 Å². The van der Waals surface area contributed by atoms with E-state index in [9.17, 15) is 43.3 Å². The van der Waals surface area contributed by atoms with Crippen LogP contribution in [0.5, 0.6) is 0 Å². The molecule has 0 aromatic heterocycles. The van der Waals surface area contributed by atoms with Gasteiger partial charge in [0.05, 0.1) is 67.7 Å². The fourth-order valence-corrected chi connectivity index (χ4v) is 12.4. The van der Waals surface area contributed by atoms with Crippen LogP contribution >= 0.6 is 0 Å². The average Bonchev–Trinajstić information content (AvgIpc) is 3.32. The Hall–Kier alpha value is -4.78. The number of anilines is 2. The largest absolute Gasteiger partial charge is 0.465 e. The Balaban J connectivity index is 0.000000254. The quantitative estimate of drug-likeness (QED) is 0.0937. The lowest BCUT2D eigenvalue weighted by Crippen LogP contribution is -2.48. The van der Waals surface area contributed by atoms with E-state index in [-0.39, 0.29) is 36.9 Å². The monoisotopic (exact) mass is 1020 g/mol. The molecule has 0 bridgehead atoms. The molecule has 2 saturated heterocycles. The summed E-state index contributed by atoms with van der Waals surface area (Å²) in [5.41, 5.74) is 8.96. The molecule has 0 spiro atoms. The lowest BCUT2D eigenvalue weighted by atomic mass is 10.1. The summed E-state index contributed by atoms with van der Waals surface area (Å²) in [6.45, 7) is 5.39. The summed E-state index contributed by atoms with van der Waals surface area (Å²) in [5.74, 6) is -0.681. The van der Waals surface area contributed by atoms with Gasteiger partial charge in [-0.3, -0.25) is 13.4 Å². The third-order valence-corrected chi connectivity index (χ3v) is 17.8. The number of piperazine rings is 2. The van der Waals surface area contributed by atoms with E-state index in [1.165, 1.54) is 36.8 Å². The molecular weight excluding hydrogens is 955 g/mol. The van der Waals surface area contributed by atoms with E-state index in [0.29, 0.717) is 101 Å². The van der Waals surface area contributed by atoms with Crippen molar-refractivity contribution in [3.8, 4) is 0 Å². The first-order valence-corrected chi connectivity index (χ1v) is 29.1. The van der Waals surface area contributed by atoms with Crippen molar-refractivity contribution in [3.63, 3.8) is 0 Å². The standard InChI is InChI=1S/C23H32N4O5S2.C23H31N3O6S2/c1-33(29,30)26-15-13-25(14-16-26)12-5-17-34(31,32)27(22-6-3-2-4-7-22)19-20-8-10-21(11-9-20)23(28)18-24;1-32-23(27)21-11-9-20(10-12-21)19-26(22-7-4-3-5-8-22)34(30,31)18-6-13-24-14-16-25(17-15-24)33(2,28)29/h2-4,6-11H,5,12-19,24H2,1H3;3-5,7-12H,6,13-19H2,1-2H3. The third-order valence-electron chi connectivity index (χ3n) is 11.6. The first-order valence-electron chi connectivity index (χ1n) is 22.2. The summed E-state index contributed by atoms with van der Waals surface area (Å²) in [5, 5.41) is 0. The molecular formula is C46H63N7O11S4. The molecule has 0 atom stereocenters. The molecule has 68 heavy (non-hydrogen) atoms. The number of carbonyl (C=O) groups excluding carboxylic acids is 2. The lowest BCUT2D eigenvalue weighted by Gasteiger charge is -2.33. The minimum Gasteiger partial charge on any atom is -0.465 e. The molecule has 2 fully saturated rings. The molecule has 0 amide bonds. The normalized spacial score (nSPS) is 15.8. The third kappa shape index (κ3) is 16.2. The SMILES string of the molecule is COC(=O)c1ccc(CN(c2ccccc2)S(=O)(=O)CCCN2CCN(S(C)(=O)=O)CC2)cc1.CS(=O)(=O)N1CCN(CCCS(=O)(=O)N(Cc2ccc(C(=O)CN)cc2)c2ccccc2)CC1. The Morgan fingerprint density at radius 3 is 1.21 bits per heavy atom. The highest BCUT2D eigenvalue weighted by atomic mass is 32.2. The summed E-state index contributed by atoms with van der Waals surface area (Å²) in [6, 6.07) is 31.4. The fourth-order valence-electron chi connectivity index (χ4n) is 7.73. The number of benzene rings is 4. The number of hydrogen-bond donors (Lipinski definition) is 1. The Morgan fingerprint density at radius 1 is 0.529 bits per heavy atom. The molecule has 2 aliphatic heterocycles. The summed E-state index contributed by atoms with van der Waals surface area (Å²) < 4.78 is 110. The minimum absolute atomic E-state index is 0.0298. The number of ketones is 1. The van der Waals surface area contributed by atoms with Crippen LogP contribution in [0.3, 0.4) is 0 Å². The van der Waals surface area contributed by atoms with Crippen LogP contribution < -0.4 is 14.3 Å². The number of Topliss-reactive ketones (excluding diaryl/α,β-unsaturated/α-hetero) is 1. The van der Waals surface area contributed by atoms with Crippen molar-refractivity contribution >= 4 is 63.2 Å². The highest BCUT2D eigenvalue weighted by molar-refractivity contribution is 7.93. The number of esters is 1. The van der Waals surface area contributed by atoms with Crippen LogP contribution in [-0.4, -0.2) is 167 Å². The summed E-state index contributed by atoms with van der Waals surface area (Å²) in [6.07, 6.45) is 3.29. The van der Waals surface area contributed by atoms with Gasteiger partial charge in [0.25, 0.3) is 0 Å². The average molecular weight is 1020 g/mol. The molecule has 22 heteroatoms. The van der Waals surface area contributed by atoms with Gasteiger partial charge in [0.15, 0.2) is 5.78 Å². The number of sulfonamides is 4. The highest BCUT2D eigenvalue weighted by Gasteiger charge is 2.28. The fraction of sp³-hybridized carbons (Fsp3) is 0.435. The molecule has 0 aliphatic carbocycles. The lowest BCUT2D eigenvalue weighted by molar-refractivity contribution is 0.0600. The predicted octanol–water partition coefficient (Wildman–Crippen LogP) is 2.91. The van der Waals surface area contributed by atoms with Crippen molar-refractivity contribution in [2.75, 3.05) is 112 Å². The van der Waals surface area contributed by atoms with Crippen LogP contribution in [0.25, 0.3) is 0 Å². The number of hydrogen-bond acceptors (Lipinski definition) is 14. The van der Waals surface area contributed by atoms with Gasteiger partial charge in [-0.1, -0.05) is 72.8 Å². The molecule has 372 valence electrons. The van der Waals surface area contributed by atoms with Gasteiger partial charge in [-0.2, -0.15) is 8.61 Å². The van der Waals surface area contributed by atoms with Crippen molar-refractivity contribution in [3.05, 3.63) is 131 Å². The van der Waals surface area contributed by atoms with Crippen molar-refractivity contribution in [2.24, 2.45) is 5.73 Å². The van der Waals surface area contributed by atoms with Crippen LogP contribution in [0.1, 0.15) is 44.7 Å². The van der Waals surface area contributed by atoms with Gasteiger partial charge in [-0.25, -0.2) is 38.5 Å². The number of nitrogens with two attached hydrogens (primary N) is 1. The van der Waals surface area contributed by atoms with Crippen LogP contribution in [0.4, 0.5) is 11.4 Å². The smallest absolute Gasteiger partial charge is 0.337 e. The summed E-state index contributed by atoms with van der Waals surface area (Å²) in [7, 11) is -12.3. The predicted molar refractivity (Wildman–Crippen MR) is 265 cm³/mol.